The van der Waals surface area contributed by atoms with Gasteiger partial charge in [-0.15, -0.1) is 6.58 Å². The van der Waals surface area contributed by atoms with Crippen molar-refractivity contribution in [2.24, 2.45) is 5.41 Å². The highest BCUT2D eigenvalue weighted by atomic mass is 16.5. The number of allylic oxidation sites excluding steroid dienone is 1. The number of carbonyl (C=O) groups is 1. The van der Waals surface area contributed by atoms with Crippen molar-refractivity contribution in [1.82, 2.24) is 0 Å². The monoisotopic (exact) mass is 200 g/mol. The number of ether oxygens (including phenoxy) is 1. The van der Waals surface area contributed by atoms with Crippen molar-refractivity contribution in [2.75, 3.05) is 6.61 Å². The molecule has 0 aromatic carbocycles. The van der Waals surface area contributed by atoms with Gasteiger partial charge in [-0.05, 0) is 26.7 Å². The van der Waals surface area contributed by atoms with Crippen LogP contribution in [0.5, 0.6) is 0 Å². The minimum atomic E-state index is -0.855. The van der Waals surface area contributed by atoms with Gasteiger partial charge >= 0.3 is 5.97 Å². The van der Waals surface area contributed by atoms with Crippen LogP contribution in [0.4, 0.5) is 0 Å². The van der Waals surface area contributed by atoms with Crippen LogP contribution < -0.4 is 0 Å². The van der Waals surface area contributed by atoms with Crippen molar-refractivity contribution in [2.45, 2.75) is 39.7 Å². The number of esters is 1. The van der Waals surface area contributed by atoms with Crippen molar-refractivity contribution in [3.05, 3.63) is 12.7 Å². The summed E-state index contributed by atoms with van der Waals surface area (Å²) in [5.74, 6) is -0.353. The molecular weight excluding hydrogens is 180 g/mol. The minimum absolute atomic E-state index is 0.335. The second kappa shape index (κ2) is 5.81. The highest BCUT2D eigenvalue weighted by Crippen LogP contribution is 2.30. The lowest BCUT2D eigenvalue weighted by Gasteiger charge is -2.30. The average Bonchev–Trinajstić information content (AvgIpc) is 2.17. The Bertz CT molecular complexity index is 201. The summed E-state index contributed by atoms with van der Waals surface area (Å²) in [6, 6.07) is 0. The second-order valence-electron chi connectivity index (χ2n) is 3.55. The largest absolute Gasteiger partial charge is 0.465 e. The first-order chi connectivity index (χ1) is 6.52. The molecule has 0 amide bonds. The van der Waals surface area contributed by atoms with Crippen molar-refractivity contribution < 1.29 is 14.6 Å². The number of aliphatic hydroxyl groups is 1. The first-order valence-electron chi connectivity index (χ1n) is 4.99. The third-order valence-corrected chi connectivity index (χ3v) is 2.43. The molecule has 82 valence electrons. The number of carbonyl (C=O) groups excluding carboxylic acids is 1. The highest BCUT2D eigenvalue weighted by Gasteiger charge is 2.39. The lowest BCUT2D eigenvalue weighted by atomic mass is 9.80. The van der Waals surface area contributed by atoms with Gasteiger partial charge in [0, 0.05) is 0 Å². The highest BCUT2D eigenvalue weighted by molar-refractivity contribution is 5.77. The van der Waals surface area contributed by atoms with Gasteiger partial charge in [-0.2, -0.15) is 0 Å². The smallest absolute Gasteiger partial charge is 0.314 e. The van der Waals surface area contributed by atoms with E-state index in [9.17, 15) is 9.90 Å². The quantitative estimate of drug-likeness (QED) is 0.526. The molecule has 0 aliphatic carbocycles. The van der Waals surface area contributed by atoms with Gasteiger partial charge in [-0.25, -0.2) is 0 Å². The van der Waals surface area contributed by atoms with Crippen LogP contribution in [0.25, 0.3) is 0 Å². The van der Waals surface area contributed by atoms with Gasteiger partial charge in [-0.1, -0.05) is 13.0 Å². The van der Waals surface area contributed by atoms with Crippen molar-refractivity contribution in [3.63, 3.8) is 0 Å². The minimum Gasteiger partial charge on any atom is -0.465 e. The molecule has 0 fully saturated rings. The van der Waals surface area contributed by atoms with Crippen LogP contribution >= 0.6 is 0 Å². The van der Waals surface area contributed by atoms with E-state index in [0.717, 1.165) is 0 Å². The van der Waals surface area contributed by atoms with Gasteiger partial charge in [0.2, 0.25) is 0 Å². The molecule has 0 radical (unpaired) electrons. The molecule has 0 spiro atoms. The Labute approximate surface area is 85.8 Å². The molecular formula is C11H20O3. The van der Waals surface area contributed by atoms with Crippen molar-refractivity contribution in [3.8, 4) is 0 Å². The van der Waals surface area contributed by atoms with Gasteiger partial charge in [-0.3, -0.25) is 4.79 Å². The SMILES string of the molecule is C=CCC(C)(C(=O)OCC)[C@H](O)CC. The molecule has 0 aromatic heterocycles. The van der Waals surface area contributed by atoms with Crippen LogP contribution in [-0.2, 0) is 9.53 Å². The molecule has 1 unspecified atom stereocenters. The number of hydrogen-bond donors (Lipinski definition) is 1. The predicted octanol–water partition coefficient (Wildman–Crippen LogP) is 1.90. The molecule has 3 heteroatoms. The zero-order valence-electron chi connectivity index (χ0n) is 9.25. The second-order valence-corrected chi connectivity index (χ2v) is 3.55. The molecule has 0 saturated heterocycles. The maximum Gasteiger partial charge on any atom is 0.314 e. The predicted molar refractivity (Wildman–Crippen MR) is 55.9 cm³/mol. The molecule has 0 rings (SSSR count). The summed E-state index contributed by atoms with van der Waals surface area (Å²) in [7, 11) is 0. The van der Waals surface area contributed by atoms with Crippen LogP contribution in [0, 0.1) is 5.41 Å². The van der Waals surface area contributed by atoms with Crippen molar-refractivity contribution >= 4 is 5.97 Å². The van der Waals surface area contributed by atoms with E-state index < -0.39 is 11.5 Å². The van der Waals surface area contributed by atoms with E-state index in [1.165, 1.54) is 0 Å². The van der Waals surface area contributed by atoms with E-state index >= 15 is 0 Å². The fraction of sp³-hybridized carbons (Fsp3) is 0.727. The molecule has 1 N–H and O–H groups in total. The van der Waals surface area contributed by atoms with Crippen LogP contribution in [0.15, 0.2) is 12.7 Å². The molecule has 3 nitrogen and oxygen atoms in total. The van der Waals surface area contributed by atoms with E-state index in [0.29, 0.717) is 19.4 Å². The standard InChI is InChI=1S/C11H20O3/c1-5-8-11(4,9(12)6-2)10(13)14-7-3/h5,9,12H,1,6-8H2,2-4H3/t9-,11?/m1/s1. The molecule has 0 bridgehead atoms. The Balaban J connectivity index is 4.68. The van der Waals surface area contributed by atoms with Gasteiger partial charge in [0.25, 0.3) is 0 Å². The summed E-state index contributed by atoms with van der Waals surface area (Å²) in [4.78, 5) is 11.6. The maximum absolute atomic E-state index is 11.6. The first-order valence-corrected chi connectivity index (χ1v) is 4.99. The average molecular weight is 200 g/mol. The Hall–Kier alpha value is -0.830. The van der Waals surface area contributed by atoms with Crippen molar-refractivity contribution in [1.29, 1.82) is 0 Å². The fourth-order valence-corrected chi connectivity index (χ4v) is 1.40. The lowest BCUT2D eigenvalue weighted by Crippen LogP contribution is -2.40. The lowest BCUT2D eigenvalue weighted by molar-refractivity contribution is -0.161. The molecule has 2 atom stereocenters. The molecule has 0 saturated carbocycles. The van der Waals surface area contributed by atoms with Gasteiger partial charge in [0.15, 0.2) is 0 Å². The van der Waals surface area contributed by atoms with Crippen LogP contribution in [0.2, 0.25) is 0 Å². The van der Waals surface area contributed by atoms with Gasteiger partial charge < -0.3 is 9.84 Å². The summed E-state index contributed by atoms with van der Waals surface area (Å²) in [6.07, 6.45) is 1.92. The number of rotatable bonds is 6. The number of hydrogen-bond acceptors (Lipinski definition) is 3. The van der Waals surface area contributed by atoms with E-state index in [-0.39, 0.29) is 5.97 Å². The summed E-state index contributed by atoms with van der Waals surface area (Å²) in [5, 5.41) is 9.76. The molecule has 0 aromatic rings. The first kappa shape index (κ1) is 13.2. The fourth-order valence-electron chi connectivity index (χ4n) is 1.40. The van der Waals surface area contributed by atoms with E-state index in [1.54, 1.807) is 19.9 Å². The topological polar surface area (TPSA) is 46.5 Å². The zero-order valence-corrected chi connectivity index (χ0v) is 9.25. The molecule has 0 aliphatic rings. The van der Waals surface area contributed by atoms with E-state index in [1.807, 2.05) is 6.92 Å². The summed E-state index contributed by atoms with van der Waals surface area (Å²) < 4.78 is 4.94. The normalized spacial score (nSPS) is 16.9. The van der Waals surface area contributed by atoms with Crippen LogP contribution in [0.3, 0.4) is 0 Å². The van der Waals surface area contributed by atoms with E-state index in [4.69, 9.17) is 4.74 Å². The Morgan fingerprint density at radius 1 is 1.64 bits per heavy atom. The Kier molecular flexibility index (Phi) is 5.46. The van der Waals surface area contributed by atoms with Crippen LogP contribution in [0.1, 0.15) is 33.6 Å². The van der Waals surface area contributed by atoms with Gasteiger partial charge in [0.1, 0.15) is 0 Å². The summed E-state index contributed by atoms with van der Waals surface area (Å²) in [5.41, 5.74) is -0.855. The maximum atomic E-state index is 11.6. The van der Waals surface area contributed by atoms with E-state index in [2.05, 4.69) is 6.58 Å². The Morgan fingerprint density at radius 3 is 2.57 bits per heavy atom. The summed E-state index contributed by atoms with van der Waals surface area (Å²) >= 11 is 0. The third-order valence-electron chi connectivity index (χ3n) is 2.43. The molecule has 0 aliphatic heterocycles. The summed E-state index contributed by atoms with van der Waals surface area (Å²) in [6.45, 7) is 9.22. The molecule has 0 heterocycles. The van der Waals surface area contributed by atoms with Crippen LogP contribution in [-0.4, -0.2) is 23.8 Å². The third kappa shape index (κ3) is 2.84. The number of aliphatic hydroxyl groups excluding tert-OH is 1. The molecule has 14 heavy (non-hydrogen) atoms. The zero-order chi connectivity index (χ0) is 11.2. The van der Waals surface area contributed by atoms with Gasteiger partial charge in [0.05, 0.1) is 18.1 Å². The Morgan fingerprint density at radius 2 is 2.21 bits per heavy atom.